The molecule has 8 heteroatoms. The first kappa shape index (κ1) is 44.5. The van der Waals surface area contributed by atoms with Crippen LogP contribution in [0.15, 0.2) is 120 Å². The molecule has 2 aromatic carbocycles. The Morgan fingerprint density at radius 2 is 1.35 bits per heavy atom. The standard InChI is InChI=1S/C32H50O8.2C6H6/c1-19-12-20(2)14-29-28(40-29)11-9-7-8-10-21(3)32(38)39-26(18-33)16-24(6)30(36)31(37)27(35)17-25(34)15-23(5)22(4)13-19;2*1-2-4-6-5-3-1/h9-11,13,20,23-26,28-31,33-34,36-37H,1,7-8,12,14-18H2,2-6H3;2*1-6H/b11-9+,21-10+,22-13+;;/t20-,23+,24-,25+,26-,28+,29+,30+,31+;;/m1../s1. The minimum Gasteiger partial charge on any atom is -0.457 e. The zero-order valence-electron chi connectivity index (χ0n) is 31.7. The van der Waals surface area contributed by atoms with Crippen molar-refractivity contribution in [3.05, 3.63) is 120 Å². The maximum absolute atomic E-state index is 12.6. The molecular weight excluding hydrogens is 656 g/mol. The number of carbonyl (C=O) groups is 2. The predicted molar refractivity (Wildman–Crippen MR) is 207 cm³/mol. The summed E-state index contributed by atoms with van der Waals surface area (Å²) in [4.78, 5) is 25.1. The molecule has 9 atom stereocenters. The number of aliphatic hydroxyl groups excluding tert-OH is 4. The molecule has 8 nitrogen and oxygen atoms in total. The van der Waals surface area contributed by atoms with Gasteiger partial charge in [-0.3, -0.25) is 4.79 Å². The Labute approximate surface area is 311 Å². The van der Waals surface area contributed by atoms with Crippen LogP contribution in [0.25, 0.3) is 0 Å². The first-order valence-corrected chi connectivity index (χ1v) is 18.6. The van der Waals surface area contributed by atoms with Crippen molar-refractivity contribution in [3.63, 3.8) is 0 Å². The van der Waals surface area contributed by atoms with Crippen molar-refractivity contribution in [2.45, 2.75) is 116 Å². The second-order valence-corrected chi connectivity index (χ2v) is 14.3. The highest BCUT2D eigenvalue weighted by molar-refractivity contribution is 5.87. The second-order valence-electron chi connectivity index (χ2n) is 14.3. The summed E-state index contributed by atoms with van der Waals surface area (Å²) in [6.07, 6.45) is 6.52. The number of fused-ring (bicyclic) bond motifs is 1. The number of benzene rings is 2. The molecule has 0 aromatic heterocycles. The number of hydrogen-bond donors (Lipinski definition) is 4. The van der Waals surface area contributed by atoms with Crippen molar-refractivity contribution in [1.82, 2.24) is 0 Å². The molecule has 286 valence electrons. The van der Waals surface area contributed by atoms with Crippen LogP contribution in [0, 0.1) is 17.8 Å². The van der Waals surface area contributed by atoms with Crippen LogP contribution in [-0.4, -0.2) is 75.4 Å². The molecule has 0 saturated carbocycles. The molecule has 1 saturated heterocycles. The van der Waals surface area contributed by atoms with E-state index in [1.165, 1.54) is 0 Å². The molecule has 2 aliphatic rings. The Morgan fingerprint density at radius 1 is 0.788 bits per heavy atom. The molecule has 0 radical (unpaired) electrons. The van der Waals surface area contributed by atoms with Crippen LogP contribution in [0.5, 0.6) is 0 Å². The number of allylic oxidation sites excluding steroid dienone is 5. The van der Waals surface area contributed by atoms with E-state index in [-0.39, 0.29) is 31.0 Å². The largest absolute Gasteiger partial charge is 0.457 e. The van der Waals surface area contributed by atoms with E-state index in [1.807, 2.05) is 92.7 Å². The van der Waals surface area contributed by atoms with Gasteiger partial charge in [-0.25, -0.2) is 4.79 Å². The Bertz CT molecular complexity index is 1320. The van der Waals surface area contributed by atoms with E-state index in [2.05, 4.69) is 25.7 Å². The summed E-state index contributed by atoms with van der Waals surface area (Å²) in [5.41, 5.74) is 2.47. The van der Waals surface area contributed by atoms with E-state index in [4.69, 9.17) is 9.47 Å². The highest BCUT2D eigenvalue weighted by atomic mass is 16.6. The molecule has 1 fully saturated rings. The van der Waals surface area contributed by atoms with Gasteiger partial charge in [0.1, 0.15) is 18.3 Å². The van der Waals surface area contributed by atoms with Crippen molar-refractivity contribution in [1.29, 1.82) is 0 Å². The molecule has 2 aromatic rings. The normalized spacial score (nSPS) is 32.7. The van der Waals surface area contributed by atoms with Gasteiger partial charge in [-0.2, -0.15) is 0 Å². The number of hydrogen-bond acceptors (Lipinski definition) is 8. The molecule has 0 unspecified atom stereocenters. The fraction of sp³-hybridized carbons (Fsp3) is 0.500. The monoisotopic (exact) mass is 718 g/mol. The summed E-state index contributed by atoms with van der Waals surface area (Å²) in [6.45, 7) is 13.1. The topological polar surface area (TPSA) is 137 Å². The number of carbonyl (C=O) groups excluding carboxylic acids is 2. The van der Waals surface area contributed by atoms with Gasteiger partial charge in [0.05, 0.1) is 24.9 Å². The van der Waals surface area contributed by atoms with Crippen LogP contribution >= 0.6 is 0 Å². The Kier molecular flexibility index (Phi) is 21.0. The van der Waals surface area contributed by atoms with Gasteiger partial charge in [0.2, 0.25) is 0 Å². The lowest BCUT2D eigenvalue weighted by Gasteiger charge is -2.27. The highest BCUT2D eigenvalue weighted by Gasteiger charge is 2.37. The van der Waals surface area contributed by atoms with Crippen LogP contribution in [0.1, 0.15) is 79.6 Å². The number of esters is 1. The van der Waals surface area contributed by atoms with Crippen molar-refractivity contribution < 1.29 is 39.5 Å². The van der Waals surface area contributed by atoms with E-state index in [0.29, 0.717) is 24.3 Å². The minimum absolute atomic E-state index is 0.00630. The number of rotatable bonds is 1. The van der Waals surface area contributed by atoms with E-state index < -0.39 is 48.7 Å². The van der Waals surface area contributed by atoms with Crippen LogP contribution < -0.4 is 0 Å². The third-order valence-electron chi connectivity index (χ3n) is 9.25. The molecule has 52 heavy (non-hydrogen) atoms. The lowest BCUT2D eigenvalue weighted by molar-refractivity contribution is -0.149. The maximum atomic E-state index is 12.6. The average Bonchev–Trinajstić information content (AvgIpc) is 3.88. The zero-order chi connectivity index (χ0) is 38.5. The SMILES string of the molecule is C=C1/C=C(\C)[C@@H](C)C[C@H](O)CC(=O)[C@H](O)[C@@H](O)[C@H](C)C[C@H](CO)OC(=O)/C(C)=C/CC/C=C/[C@@H]2O[C@H]2C[C@H](C)C1.c1ccccc1.c1ccccc1. The third-order valence-corrected chi connectivity index (χ3v) is 9.25. The number of ether oxygens (including phenoxy) is 2. The number of ketones is 1. The van der Waals surface area contributed by atoms with Gasteiger partial charge in [0.25, 0.3) is 0 Å². The van der Waals surface area contributed by atoms with Gasteiger partial charge >= 0.3 is 5.97 Å². The van der Waals surface area contributed by atoms with E-state index in [1.54, 1.807) is 19.9 Å². The smallest absolute Gasteiger partial charge is 0.333 e. The van der Waals surface area contributed by atoms with Gasteiger partial charge in [0.15, 0.2) is 5.78 Å². The zero-order valence-corrected chi connectivity index (χ0v) is 31.7. The van der Waals surface area contributed by atoms with Crippen LogP contribution in [0.3, 0.4) is 0 Å². The molecule has 2 aliphatic heterocycles. The van der Waals surface area contributed by atoms with Crippen molar-refractivity contribution in [2.75, 3.05) is 6.61 Å². The predicted octanol–water partition coefficient (Wildman–Crippen LogP) is 7.34. The number of aliphatic hydroxyl groups is 4. The second kappa shape index (κ2) is 24.6. The summed E-state index contributed by atoms with van der Waals surface area (Å²) in [5, 5.41) is 41.3. The Hall–Kier alpha value is -3.66. The average molecular weight is 719 g/mol. The van der Waals surface area contributed by atoms with Gasteiger partial charge in [-0.15, -0.1) is 0 Å². The lowest BCUT2D eigenvalue weighted by Crippen LogP contribution is -2.41. The van der Waals surface area contributed by atoms with E-state index in [9.17, 15) is 30.0 Å². The van der Waals surface area contributed by atoms with Gasteiger partial charge in [-0.1, -0.05) is 136 Å². The summed E-state index contributed by atoms with van der Waals surface area (Å²) >= 11 is 0. The molecule has 0 amide bonds. The minimum atomic E-state index is -1.70. The van der Waals surface area contributed by atoms with E-state index >= 15 is 0 Å². The van der Waals surface area contributed by atoms with Gasteiger partial charge < -0.3 is 29.9 Å². The Morgan fingerprint density at radius 3 is 1.88 bits per heavy atom. The van der Waals surface area contributed by atoms with Gasteiger partial charge in [0, 0.05) is 12.0 Å². The molecule has 4 N–H and O–H groups in total. The third kappa shape index (κ3) is 18.2. The fourth-order valence-corrected chi connectivity index (χ4v) is 5.94. The molecule has 0 spiro atoms. The van der Waals surface area contributed by atoms with Crippen LogP contribution in [-0.2, 0) is 19.1 Å². The van der Waals surface area contributed by atoms with Crippen LogP contribution in [0.2, 0.25) is 0 Å². The number of Topliss-reactive ketones (excluding diaryl/α,β-unsaturated/α-hetero) is 1. The fourth-order valence-electron chi connectivity index (χ4n) is 5.94. The summed E-state index contributed by atoms with van der Waals surface area (Å²) in [7, 11) is 0. The highest BCUT2D eigenvalue weighted by Crippen LogP contribution is 2.32. The lowest BCUT2D eigenvalue weighted by atomic mass is 9.88. The summed E-state index contributed by atoms with van der Waals surface area (Å²) in [5.74, 6) is -1.49. The van der Waals surface area contributed by atoms with Crippen molar-refractivity contribution >= 4 is 11.8 Å². The molecule has 0 aliphatic carbocycles. The number of epoxide rings is 1. The van der Waals surface area contributed by atoms with Crippen molar-refractivity contribution in [2.24, 2.45) is 17.8 Å². The molecule has 0 bridgehead atoms. The Balaban J connectivity index is 0.000000650. The van der Waals surface area contributed by atoms with E-state index in [0.717, 1.165) is 30.4 Å². The molecule has 2 heterocycles. The molecular formula is C44H62O8. The number of cyclic esters (lactones) is 1. The quantitative estimate of drug-likeness (QED) is 0.137. The summed E-state index contributed by atoms with van der Waals surface area (Å²) < 4.78 is 11.2. The first-order chi connectivity index (χ1) is 24.8. The van der Waals surface area contributed by atoms with Crippen LogP contribution in [0.4, 0.5) is 0 Å². The summed E-state index contributed by atoms with van der Waals surface area (Å²) in [6, 6.07) is 24.0. The first-order valence-electron chi connectivity index (χ1n) is 18.6. The van der Waals surface area contributed by atoms with Gasteiger partial charge in [-0.05, 0) is 70.1 Å². The maximum Gasteiger partial charge on any atom is 0.333 e. The van der Waals surface area contributed by atoms with Crippen molar-refractivity contribution in [3.8, 4) is 0 Å². The molecule has 4 rings (SSSR count).